The number of aromatic nitrogens is 2. The topological polar surface area (TPSA) is 102 Å². The van der Waals surface area contributed by atoms with E-state index in [1.165, 1.54) is 12.1 Å². The van der Waals surface area contributed by atoms with Crippen LogP contribution < -0.4 is 11.5 Å². The van der Waals surface area contributed by atoms with Crippen molar-refractivity contribution in [3.05, 3.63) is 35.4 Å². The molecule has 4 N–H and O–H groups in total. The number of nitrogen functional groups attached to an aromatic ring is 2. The van der Waals surface area contributed by atoms with E-state index >= 15 is 0 Å². The van der Waals surface area contributed by atoms with E-state index in [2.05, 4.69) is 9.97 Å². The minimum Gasteiger partial charge on any atom is -0.382 e. The van der Waals surface area contributed by atoms with Crippen molar-refractivity contribution < 1.29 is 8.78 Å². The van der Waals surface area contributed by atoms with E-state index in [0.29, 0.717) is 0 Å². The first kappa shape index (κ1) is 11.7. The molecule has 0 aliphatic carbocycles. The fraction of sp³-hybridized carbons (Fsp3) is 0. The zero-order chi connectivity index (χ0) is 13.3. The van der Waals surface area contributed by atoms with Crippen LogP contribution in [-0.2, 0) is 0 Å². The van der Waals surface area contributed by atoms with Gasteiger partial charge in [-0.1, -0.05) is 6.07 Å². The summed E-state index contributed by atoms with van der Waals surface area (Å²) < 4.78 is 26.8. The summed E-state index contributed by atoms with van der Waals surface area (Å²) in [6.45, 7) is 0. The van der Waals surface area contributed by atoms with Crippen molar-refractivity contribution in [2.75, 3.05) is 11.5 Å². The van der Waals surface area contributed by atoms with Crippen molar-refractivity contribution in [3.63, 3.8) is 0 Å². The molecule has 1 aromatic heterocycles. The zero-order valence-corrected chi connectivity index (χ0v) is 8.98. The number of hydrogen-bond acceptors (Lipinski definition) is 5. The highest BCUT2D eigenvalue weighted by Crippen LogP contribution is 2.28. The van der Waals surface area contributed by atoms with Crippen LogP contribution in [0.3, 0.4) is 0 Å². The summed E-state index contributed by atoms with van der Waals surface area (Å²) in [5, 5.41) is 8.94. The van der Waals surface area contributed by atoms with Crippen molar-refractivity contribution >= 4 is 11.8 Å². The molecule has 7 heteroatoms. The lowest BCUT2D eigenvalue weighted by Gasteiger charge is -2.07. The van der Waals surface area contributed by atoms with Gasteiger partial charge in [-0.2, -0.15) is 10.2 Å². The van der Waals surface area contributed by atoms with Gasteiger partial charge in [0, 0.05) is 5.56 Å². The average Bonchev–Trinajstić information content (AvgIpc) is 2.32. The van der Waals surface area contributed by atoms with Gasteiger partial charge >= 0.3 is 0 Å². The lowest BCUT2D eigenvalue weighted by atomic mass is 10.1. The van der Waals surface area contributed by atoms with Crippen LogP contribution in [0.2, 0.25) is 0 Å². The van der Waals surface area contributed by atoms with Crippen molar-refractivity contribution in [2.24, 2.45) is 0 Å². The molecule has 0 spiro atoms. The molecule has 0 radical (unpaired) electrons. The fourth-order valence-electron chi connectivity index (χ4n) is 1.49. The summed E-state index contributed by atoms with van der Waals surface area (Å²) in [5.41, 5.74) is 10.4. The quantitative estimate of drug-likeness (QED) is 0.794. The van der Waals surface area contributed by atoms with Gasteiger partial charge in [-0.15, -0.1) is 0 Å². The van der Waals surface area contributed by atoms with Gasteiger partial charge < -0.3 is 11.5 Å². The predicted octanol–water partition coefficient (Wildman–Crippen LogP) is 1.46. The molecule has 1 aromatic carbocycles. The Hall–Kier alpha value is -2.75. The van der Waals surface area contributed by atoms with E-state index in [4.69, 9.17) is 16.7 Å². The molecule has 0 aliphatic rings. The van der Waals surface area contributed by atoms with Gasteiger partial charge in [0.2, 0.25) is 5.95 Å². The monoisotopic (exact) mass is 247 g/mol. The Labute approximate surface area is 101 Å². The number of halogens is 2. The summed E-state index contributed by atoms with van der Waals surface area (Å²) in [6, 6.07) is 5.27. The molecule has 0 saturated carbocycles. The van der Waals surface area contributed by atoms with Gasteiger partial charge in [0.15, 0.2) is 11.6 Å². The SMILES string of the molecule is N#Cc1c(N)nc(N)nc1-c1cccc(F)c1F. The minimum atomic E-state index is -1.12. The largest absolute Gasteiger partial charge is 0.382 e. The standard InChI is InChI=1S/C11H7F2N5/c12-7-3-1-2-5(8(7)13)9-6(4-14)10(15)18-11(16)17-9/h1-3H,(H4,15,16,17,18). The third-order valence-electron chi connectivity index (χ3n) is 2.27. The van der Waals surface area contributed by atoms with E-state index in [1.807, 2.05) is 0 Å². The van der Waals surface area contributed by atoms with Gasteiger partial charge in [-0.25, -0.2) is 13.8 Å². The number of rotatable bonds is 1. The molecule has 0 amide bonds. The Morgan fingerprint density at radius 2 is 1.89 bits per heavy atom. The molecule has 0 unspecified atom stereocenters. The molecule has 1 heterocycles. The molecule has 0 atom stereocenters. The van der Waals surface area contributed by atoms with E-state index in [-0.39, 0.29) is 28.6 Å². The summed E-state index contributed by atoms with van der Waals surface area (Å²) in [5.74, 6) is -2.56. The second kappa shape index (κ2) is 4.25. The van der Waals surface area contributed by atoms with E-state index in [0.717, 1.165) is 6.07 Å². The average molecular weight is 247 g/mol. The van der Waals surface area contributed by atoms with Gasteiger partial charge in [0.25, 0.3) is 0 Å². The third-order valence-corrected chi connectivity index (χ3v) is 2.27. The van der Waals surface area contributed by atoms with Crippen LogP contribution in [0.25, 0.3) is 11.3 Å². The van der Waals surface area contributed by atoms with Gasteiger partial charge in [0.05, 0.1) is 5.69 Å². The molecule has 2 rings (SSSR count). The number of benzene rings is 1. The highest BCUT2D eigenvalue weighted by molar-refractivity contribution is 5.73. The normalized spacial score (nSPS) is 10.1. The van der Waals surface area contributed by atoms with Crippen LogP contribution >= 0.6 is 0 Å². The van der Waals surface area contributed by atoms with Gasteiger partial charge in [-0.05, 0) is 12.1 Å². The van der Waals surface area contributed by atoms with E-state index < -0.39 is 11.6 Å². The van der Waals surface area contributed by atoms with Gasteiger partial charge in [0.1, 0.15) is 17.5 Å². The van der Waals surface area contributed by atoms with Crippen LogP contribution in [0.15, 0.2) is 18.2 Å². The van der Waals surface area contributed by atoms with Crippen LogP contribution in [-0.4, -0.2) is 9.97 Å². The van der Waals surface area contributed by atoms with Crippen LogP contribution in [0.1, 0.15) is 5.56 Å². The first-order chi connectivity index (χ1) is 8.54. The molecule has 90 valence electrons. The zero-order valence-electron chi connectivity index (χ0n) is 8.98. The molecule has 0 bridgehead atoms. The maximum atomic E-state index is 13.6. The predicted molar refractivity (Wildman–Crippen MR) is 60.9 cm³/mol. The molecule has 18 heavy (non-hydrogen) atoms. The highest BCUT2D eigenvalue weighted by atomic mass is 19.2. The first-order valence-corrected chi connectivity index (χ1v) is 4.82. The Bertz CT molecular complexity index is 663. The lowest BCUT2D eigenvalue weighted by Crippen LogP contribution is -2.06. The van der Waals surface area contributed by atoms with Crippen molar-refractivity contribution in [2.45, 2.75) is 0 Å². The Balaban J connectivity index is 2.79. The van der Waals surface area contributed by atoms with Gasteiger partial charge in [-0.3, -0.25) is 0 Å². The van der Waals surface area contributed by atoms with Crippen LogP contribution in [0.5, 0.6) is 0 Å². The number of anilines is 2. The molecular weight excluding hydrogens is 240 g/mol. The van der Waals surface area contributed by atoms with Crippen molar-refractivity contribution in [1.82, 2.24) is 9.97 Å². The summed E-state index contributed by atoms with van der Waals surface area (Å²) >= 11 is 0. The van der Waals surface area contributed by atoms with Crippen molar-refractivity contribution in [3.8, 4) is 17.3 Å². The lowest BCUT2D eigenvalue weighted by molar-refractivity contribution is 0.511. The number of nitriles is 1. The molecule has 0 saturated heterocycles. The second-order valence-corrected chi connectivity index (χ2v) is 3.40. The van der Waals surface area contributed by atoms with Crippen molar-refractivity contribution in [1.29, 1.82) is 5.26 Å². The molecule has 0 aliphatic heterocycles. The smallest absolute Gasteiger partial charge is 0.222 e. The Kier molecular flexibility index (Phi) is 2.77. The highest BCUT2D eigenvalue weighted by Gasteiger charge is 2.18. The maximum Gasteiger partial charge on any atom is 0.222 e. The fourth-order valence-corrected chi connectivity index (χ4v) is 1.49. The number of nitrogens with zero attached hydrogens (tertiary/aromatic N) is 3. The summed E-state index contributed by atoms with van der Waals surface area (Å²) in [7, 11) is 0. The first-order valence-electron chi connectivity index (χ1n) is 4.82. The molecule has 2 aromatic rings. The second-order valence-electron chi connectivity index (χ2n) is 3.40. The van der Waals surface area contributed by atoms with E-state index in [9.17, 15) is 8.78 Å². The minimum absolute atomic E-state index is 0.125. The molecule has 5 nitrogen and oxygen atoms in total. The Morgan fingerprint density at radius 3 is 2.56 bits per heavy atom. The molecular formula is C11H7F2N5. The summed E-state index contributed by atoms with van der Waals surface area (Å²) in [6.07, 6.45) is 0. The van der Waals surface area contributed by atoms with E-state index in [1.54, 1.807) is 6.07 Å². The third kappa shape index (κ3) is 1.80. The number of hydrogen-bond donors (Lipinski definition) is 2. The Morgan fingerprint density at radius 1 is 1.17 bits per heavy atom. The van der Waals surface area contributed by atoms with Crippen LogP contribution in [0, 0.1) is 23.0 Å². The molecule has 0 fully saturated rings. The maximum absolute atomic E-state index is 13.6. The summed E-state index contributed by atoms with van der Waals surface area (Å²) in [4.78, 5) is 7.32. The van der Waals surface area contributed by atoms with Crippen LogP contribution in [0.4, 0.5) is 20.5 Å². The number of nitrogens with two attached hydrogens (primary N) is 2.